The molecule has 0 unspecified atom stereocenters. The number of rotatable bonds is 1. The van der Waals surface area contributed by atoms with Crippen molar-refractivity contribution in [3.8, 4) is 0 Å². The minimum absolute atomic E-state index is 0.192. The molecule has 94 valence electrons. The van der Waals surface area contributed by atoms with Gasteiger partial charge in [0, 0.05) is 17.9 Å². The predicted molar refractivity (Wildman–Crippen MR) is 52.5 cm³/mol. The summed E-state index contributed by atoms with van der Waals surface area (Å²) in [6.07, 6.45) is 0. The molecule has 0 spiro atoms. The van der Waals surface area contributed by atoms with E-state index in [0.29, 0.717) is 0 Å². The van der Waals surface area contributed by atoms with Crippen LogP contribution in [-0.2, 0) is 0 Å². The molecular weight excluding hydrogens is 273 g/mol. The van der Waals surface area contributed by atoms with E-state index >= 15 is 0 Å². The molecule has 1 aromatic carbocycles. The molecule has 17 heavy (non-hydrogen) atoms. The summed E-state index contributed by atoms with van der Waals surface area (Å²) >= 11 is 1.73. The first kappa shape index (κ1) is 14.4. The molecule has 1 N–H and O–H groups in total. The standard InChI is InChI=1S/C9H8FNS.ClHO4/c10-8-3-1-7(2-4-8)9-11-5-6-12-9;2-1(3,4)5/h1-4H,5-6H2;(H,2,3,4,5). The molecule has 0 aliphatic carbocycles. The quantitative estimate of drug-likeness (QED) is 0.654. The molecule has 2 rings (SSSR count). The van der Waals surface area contributed by atoms with Crippen LogP contribution in [0.4, 0.5) is 4.39 Å². The van der Waals surface area contributed by atoms with Crippen molar-refractivity contribution in [2.75, 3.05) is 12.3 Å². The minimum Gasteiger partial charge on any atom is -0.277 e. The van der Waals surface area contributed by atoms with Crippen LogP contribution in [-0.4, -0.2) is 22.0 Å². The molecule has 0 saturated heterocycles. The Balaban J connectivity index is 0.000000249. The van der Waals surface area contributed by atoms with E-state index in [4.69, 9.17) is 18.6 Å². The van der Waals surface area contributed by atoms with E-state index in [1.165, 1.54) is 12.1 Å². The van der Waals surface area contributed by atoms with Crippen molar-refractivity contribution in [3.05, 3.63) is 35.6 Å². The number of aliphatic imine (C=N–C) groups is 1. The number of nitrogens with zero attached hydrogens (tertiary/aromatic N) is 1. The summed E-state index contributed by atoms with van der Waals surface area (Å²) in [5.41, 5.74) is 1.03. The Hall–Kier alpha value is -0.700. The molecule has 0 amide bonds. The number of hydrogen-bond donors (Lipinski definition) is 1. The Kier molecular flexibility index (Phi) is 5.31. The zero-order valence-electron chi connectivity index (χ0n) is 8.51. The number of hydrogen-bond acceptors (Lipinski definition) is 6. The third-order valence-corrected chi connectivity index (χ3v) is 2.70. The van der Waals surface area contributed by atoms with E-state index in [2.05, 4.69) is 4.99 Å². The monoisotopic (exact) mass is 281 g/mol. The lowest BCUT2D eigenvalue weighted by molar-refractivity contribution is -1.92. The molecule has 1 aliphatic rings. The van der Waals surface area contributed by atoms with Crippen LogP contribution in [0.25, 0.3) is 0 Å². The molecule has 0 aromatic heterocycles. The van der Waals surface area contributed by atoms with Gasteiger partial charge in [-0.3, -0.25) is 4.99 Å². The minimum atomic E-state index is -4.69. The van der Waals surface area contributed by atoms with Crippen LogP contribution in [0.3, 0.4) is 0 Å². The molecule has 1 aromatic rings. The van der Waals surface area contributed by atoms with Gasteiger partial charge in [-0.2, -0.15) is 14.0 Å². The molecule has 0 bridgehead atoms. The maximum atomic E-state index is 12.5. The average molecular weight is 282 g/mol. The highest BCUT2D eigenvalue weighted by molar-refractivity contribution is 8.14. The summed E-state index contributed by atoms with van der Waals surface area (Å²) in [5, 5.41) is 1.04. The average Bonchev–Trinajstić information content (AvgIpc) is 2.69. The van der Waals surface area contributed by atoms with Gasteiger partial charge < -0.3 is 0 Å². The third-order valence-electron chi connectivity index (χ3n) is 1.68. The Morgan fingerprint density at radius 2 is 1.76 bits per heavy atom. The zero-order valence-corrected chi connectivity index (χ0v) is 10.1. The summed E-state index contributed by atoms with van der Waals surface area (Å²) in [4.78, 5) is 4.29. The van der Waals surface area contributed by atoms with E-state index in [1.807, 2.05) is 0 Å². The van der Waals surface area contributed by atoms with Gasteiger partial charge in [-0.05, 0) is 24.3 Å². The fraction of sp³-hybridized carbons (Fsp3) is 0.222. The first-order chi connectivity index (χ1) is 7.86. The lowest BCUT2D eigenvalue weighted by Gasteiger charge is -2.03. The molecule has 0 radical (unpaired) electrons. The van der Waals surface area contributed by atoms with Crippen molar-refractivity contribution in [2.45, 2.75) is 0 Å². The van der Waals surface area contributed by atoms with Crippen LogP contribution in [0.1, 0.15) is 5.56 Å². The summed E-state index contributed by atoms with van der Waals surface area (Å²) in [7, 11) is -4.69. The molecular formula is C9H9ClFNO4S. The van der Waals surface area contributed by atoms with Gasteiger partial charge in [-0.1, -0.05) is 0 Å². The first-order valence-corrected chi connectivity index (χ1v) is 6.67. The Morgan fingerprint density at radius 3 is 2.18 bits per heavy atom. The molecule has 0 saturated carbocycles. The Labute approximate surface area is 103 Å². The molecule has 8 heteroatoms. The van der Waals surface area contributed by atoms with Crippen LogP contribution >= 0.6 is 11.8 Å². The van der Waals surface area contributed by atoms with Gasteiger partial charge in [0.1, 0.15) is 5.82 Å². The summed E-state index contributed by atoms with van der Waals surface area (Å²) < 4.78 is 45.2. The lowest BCUT2D eigenvalue weighted by Crippen LogP contribution is -2.58. The molecule has 5 nitrogen and oxygen atoms in total. The van der Waals surface area contributed by atoms with Crippen LogP contribution in [0.15, 0.2) is 29.3 Å². The maximum Gasteiger partial charge on any atom is 0.123 e. The lowest BCUT2D eigenvalue weighted by atomic mass is 10.2. The summed E-state index contributed by atoms with van der Waals surface area (Å²) in [5.74, 6) is 0.856. The second-order valence-electron chi connectivity index (χ2n) is 2.94. The normalized spacial score (nSPS) is 15.0. The van der Waals surface area contributed by atoms with Crippen molar-refractivity contribution in [3.63, 3.8) is 0 Å². The first-order valence-electron chi connectivity index (χ1n) is 4.42. The van der Waals surface area contributed by atoms with Crippen molar-refractivity contribution >= 4 is 16.8 Å². The van der Waals surface area contributed by atoms with Gasteiger partial charge in [0.15, 0.2) is 0 Å². The van der Waals surface area contributed by atoms with Gasteiger partial charge in [-0.15, -0.1) is 11.8 Å². The topological polar surface area (TPSA) is 102 Å². The second kappa shape index (κ2) is 6.29. The van der Waals surface area contributed by atoms with E-state index in [9.17, 15) is 4.39 Å². The van der Waals surface area contributed by atoms with Crippen LogP contribution in [0.2, 0.25) is 0 Å². The molecule has 0 fully saturated rings. The van der Waals surface area contributed by atoms with Crippen LogP contribution in [0, 0.1) is 16.1 Å². The number of thioether (sulfide) groups is 1. The van der Waals surface area contributed by atoms with Gasteiger partial charge in [0.05, 0.1) is 19.9 Å². The second-order valence-corrected chi connectivity index (χ2v) is 4.81. The van der Waals surface area contributed by atoms with Crippen molar-refractivity contribution in [2.24, 2.45) is 4.99 Å². The molecule has 1 aliphatic heterocycles. The predicted octanol–water partition coefficient (Wildman–Crippen LogP) is -1.80. The van der Waals surface area contributed by atoms with Crippen LogP contribution in [0.5, 0.6) is 0 Å². The van der Waals surface area contributed by atoms with Gasteiger partial charge in [0.25, 0.3) is 0 Å². The zero-order chi connectivity index (χ0) is 12.9. The SMILES string of the molecule is Fc1ccc(C2=NCCS2)cc1.[O-][Cl+3]([O-])([O-])O. The van der Waals surface area contributed by atoms with Crippen molar-refractivity contribution in [1.82, 2.24) is 0 Å². The largest absolute Gasteiger partial charge is 0.277 e. The molecule has 1 heterocycles. The van der Waals surface area contributed by atoms with Crippen molar-refractivity contribution in [1.29, 1.82) is 0 Å². The Bertz CT molecular complexity index is 387. The van der Waals surface area contributed by atoms with Crippen molar-refractivity contribution < 1.29 is 33.3 Å². The van der Waals surface area contributed by atoms with Gasteiger partial charge in [-0.25, -0.2) is 4.39 Å². The highest BCUT2D eigenvalue weighted by Crippen LogP contribution is 2.18. The highest BCUT2D eigenvalue weighted by Gasteiger charge is 2.08. The van der Waals surface area contributed by atoms with Gasteiger partial charge >= 0.3 is 0 Å². The smallest absolute Gasteiger partial charge is 0.123 e. The van der Waals surface area contributed by atoms with E-state index in [1.54, 1.807) is 23.9 Å². The fourth-order valence-electron chi connectivity index (χ4n) is 1.10. The van der Waals surface area contributed by atoms with Gasteiger partial charge in [0.2, 0.25) is 0 Å². The number of halogens is 2. The van der Waals surface area contributed by atoms with E-state index in [-0.39, 0.29) is 5.82 Å². The number of benzene rings is 1. The third kappa shape index (κ3) is 6.57. The van der Waals surface area contributed by atoms with Crippen LogP contribution < -0.4 is 14.0 Å². The van der Waals surface area contributed by atoms with E-state index in [0.717, 1.165) is 22.9 Å². The highest BCUT2D eigenvalue weighted by atomic mass is 35.7. The fourth-order valence-corrected chi connectivity index (χ4v) is 1.96. The summed E-state index contributed by atoms with van der Waals surface area (Å²) in [6.45, 7) is 0.886. The maximum absolute atomic E-state index is 12.5. The van der Waals surface area contributed by atoms with E-state index < -0.39 is 10.2 Å². The molecule has 0 atom stereocenters. The summed E-state index contributed by atoms with van der Waals surface area (Å²) in [6, 6.07) is 6.48. The Morgan fingerprint density at radius 1 is 1.24 bits per heavy atom.